The molecule has 0 saturated heterocycles. The molecule has 0 saturated carbocycles. The molecule has 0 spiro atoms. The maximum Gasteiger partial charge on any atom is 0.0722 e. The highest BCUT2D eigenvalue weighted by Gasteiger charge is 1.88. The Bertz CT molecular complexity index is 208. The van der Waals surface area contributed by atoms with Gasteiger partial charge in [-0.15, -0.1) is 6.58 Å². The normalized spacial score (nSPS) is 9.45. The van der Waals surface area contributed by atoms with E-state index in [2.05, 4.69) is 11.6 Å². The van der Waals surface area contributed by atoms with E-state index >= 15 is 0 Å². The first-order valence-corrected chi connectivity index (χ1v) is 3.51. The van der Waals surface area contributed by atoms with Crippen LogP contribution in [0.2, 0.25) is 0 Å². The van der Waals surface area contributed by atoms with Crippen LogP contribution in [0, 0.1) is 0 Å². The fourth-order valence-electron chi connectivity index (χ4n) is 0.739. The standard InChI is InChI=1S/C9H11NO/c1-2-7-11-8-9-3-5-10-6-4-9/h2-6H,1,7-8H2/i5+2. The molecule has 0 fully saturated rings. The Labute approximate surface area is 66.5 Å². The zero-order chi connectivity index (χ0) is 7.94. The smallest absolute Gasteiger partial charge is 0.0722 e. The van der Waals surface area contributed by atoms with E-state index in [-0.39, 0.29) is 0 Å². The number of hydrogen-bond acceptors (Lipinski definition) is 2. The summed E-state index contributed by atoms with van der Waals surface area (Å²) in [6, 6.07) is 3.87. The number of rotatable bonds is 4. The zero-order valence-corrected chi connectivity index (χ0v) is 6.36. The van der Waals surface area contributed by atoms with Crippen molar-refractivity contribution < 1.29 is 4.74 Å². The average Bonchev–Trinajstić information content (AvgIpc) is 2.07. The minimum absolute atomic E-state index is 0.600. The Kier molecular flexibility index (Phi) is 3.35. The first-order valence-electron chi connectivity index (χ1n) is 3.51. The number of aromatic nitrogens is 1. The van der Waals surface area contributed by atoms with Gasteiger partial charge in [-0.05, 0) is 17.7 Å². The molecule has 0 N–H and O–H groups in total. The van der Waals surface area contributed by atoms with Crippen LogP contribution < -0.4 is 0 Å². The molecule has 1 rings (SSSR count). The lowest BCUT2D eigenvalue weighted by Gasteiger charge is -1.99. The van der Waals surface area contributed by atoms with Crippen molar-refractivity contribution in [2.75, 3.05) is 6.61 Å². The minimum Gasteiger partial charge on any atom is -0.373 e. The Morgan fingerprint density at radius 3 is 3.27 bits per heavy atom. The molecule has 1 aromatic heterocycles. The molecule has 0 bridgehead atoms. The third-order valence-electron chi connectivity index (χ3n) is 1.25. The fourth-order valence-corrected chi connectivity index (χ4v) is 0.739. The second-order valence-corrected chi connectivity index (χ2v) is 2.16. The van der Waals surface area contributed by atoms with Gasteiger partial charge in [-0.3, -0.25) is 4.98 Å². The molecule has 0 aromatic carbocycles. The maximum absolute atomic E-state index is 5.22. The Balaban J connectivity index is 2.33. The van der Waals surface area contributed by atoms with Gasteiger partial charge in [0.2, 0.25) is 0 Å². The van der Waals surface area contributed by atoms with E-state index in [9.17, 15) is 0 Å². The Morgan fingerprint density at radius 1 is 1.73 bits per heavy atom. The summed E-state index contributed by atoms with van der Waals surface area (Å²) in [5.41, 5.74) is 1.14. The first-order chi connectivity index (χ1) is 5.43. The summed E-state index contributed by atoms with van der Waals surface area (Å²) in [5, 5.41) is 0. The largest absolute Gasteiger partial charge is 0.373 e. The van der Waals surface area contributed by atoms with Crippen molar-refractivity contribution in [3.63, 3.8) is 0 Å². The summed E-state index contributed by atoms with van der Waals surface area (Å²) in [6.07, 6.45) is 5.25. The molecule has 0 aliphatic heterocycles. The van der Waals surface area contributed by atoms with Crippen LogP contribution in [0.15, 0.2) is 37.2 Å². The highest BCUT2D eigenvalue weighted by molar-refractivity contribution is 5.07. The summed E-state index contributed by atoms with van der Waals surface area (Å²) in [7, 11) is 0. The third-order valence-corrected chi connectivity index (χ3v) is 1.25. The van der Waals surface area contributed by atoms with Crippen molar-refractivity contribution >= 4 is 0 Å². The van der Waals surface area contributed by atoms with Crippen molar-refractivity contribution in [1.82, 2.24) is 4.98 Å². The molecule has 0 atom stereocenters. The van der Waals surface area contributed by atoms with Crippen LogP contribution in [-0.4, -0.2) is 11.6 Å². The second-order valence-electron chi connectivity index (χ2n) is 2.16. The van der Waals surface area contributed by atoms with E-state index in [0.717, 1.165) is 5.56 Å². The number of ether oxygens (including phenoxy) is 1. The highest BCUT2D eigenvalue weighted by Crippen LogP contribution is 1.97. The molecule has 2 heteroatoms. The third kappa shape index (κ3) is 2.96. The van der Waals surface area contributed by atoms with Gasteiger partial charge < -0.3 is 4.74 Å². The van der Waals surface area contributed by atoms with Crippen molar-refractivity contribution in [1.29, 1.82) is 0 Å². The second kappa shape index (κ2) is 4.63. The van der Waals surface area contributed by atoms with Gasteiger partial charge in [0.05, 0.1) is 13.2 Å². The lowest BCUT2D eigenvalue weighted by molar-refractivity contribution is 0.149. The van der Waals surface area contributed by atoms with Crippen molar-refractivity contribution in [2.24, 2.45) is 0 Å². The van der Waals surface area contributed by atoms with Crippen molar-refractivity contribution in [3.05, 3.63) is 42.7 Å². The van der Waals surface area contributed by atoms with Gasteiger partial charge in [-0.1, -0.05) is 6.08 Å². The van der Waals surface area contributed by atoms with Crippen LogP contribution in [0.5, 0.6) is 0 Å². The molecule has 0 unspecified atom stereocenters. The van der Waals surface area contributed by atoms with E-state index in [1.807, 2.05) is 12.1 Å². The topological polar surface area (TPSA) is 22.1 Å². The Morgan fingerprint density at radius 2 is 2.64 bits per heavy atom. The van der Waals surface area contributed by atoms with Gasteiger partial charge in [-0.2, -0.15) is 0 Å². The van der Waals surface area contributed by atoms with E-state index < -0.39 is 0 Å². The average molecular weight is 151 g/mol. The van der Waals surface area contributed by atoms with Crippen LogP contribution in [-0.2, 0) is 11.3 Å². The zero-order valence-electron chi connectivity index (χ0n) is 6.36. The summed E-state index contributed by atoms with van der Waals surface area (Å²) in [4.78, 5) is 3.90. The van der Waals surface area contributed by atoms with Crippen molar-refractivity contribution in [2.45, 2.75) is 6.61 Å². The number of nitrogens with zero attached hydrogens (tertiary/aromatic N) is 1. The van der Waals surface area contributed by atoms with Crippen molar-refractivity contribution in [3.8, 4) is 0 Å². The van der Waals surface area contributed by atoms with Gasteiger partial charge in [0, 0.05) is 12.4 Å². The molecule has 1 heterocycles. The monoisotopic (exact) mass is 151 g/mol. The lowest BCUT2D eigenvalue weighted by Crippen LogP contribution is -1.91. The highest BCUT2D eigenvalue weighted by atomic mass is 16.5. The van der Waals surface area contributed by atoms with E-state index in [0.29, 0.717) is 13.2 Å². The molecular formula is C9H11NO. The van der Waals surface area contributed by atoms with Crippen LogP contribution >= 0.6 is 0 Å². The van der Waals surface area contributed by atoms with Gasteiger partial charge in [0.1, 0.15) is 0 Å². The van der Waals surface area contributed by atoms with Gasteiger partial charge in [-0.25, -0.2) is 0 Å². The lowest BCUT2D eigenvalue weighted by atomic mass is 10.3. The Hall–Kier alpha value is -1.15. The van der Waals surface area contributed by atoms with Crippen LogP contribution in [0.3, 0.4) is 0 Å². The van der Waals surface area contributed by atoms with Crippen LogP contribution in [0.1, 0.15) is 5.56 Å². The summed E-state index contributed by atoms with van der Waals surface area (Å²) in [6.45, 7) is 4.79. The van der Waals surface area contributed by atoms with E-state index in [1.54, 1.807) is 18.5 Å². The van der Waals surface area contributed by atoms with Crippen LogP contribution in [0.4, 0.5) is 0 Å². The molecule has 58 valence electrons. The number of hydrogen-bond donors (Lipinski definition) is 0. The SMILES string of the molecule is C=CCOCc1ccn[14cH]c1. The minimum atomic E-state index is 0.600. The molecule has 1 aromatic rings. The summed E-state index contributed by atoms with van der Waals surface area (Å²) in [5.74, 6) is 0. The predicted octanol–water partition coefficient (Wildman–Crippen LogP) is 1.78. The summed E-state index contributed by atoms with van der Waals surface area (Å²) < 4.78 is 5.22. The molecule has 2 nitrogen and oxygen atoms in total. The molecular weight excluding hydrogens is 140 g/mol. The predicted molar refractivity (Wildman–Crippen MR) is 44.1 cm³/mol. The van der Waals surface area contributed by atoms with Gasteiger partial charge in [0.15, 0.2) is 0 Å². The quantitative estimate of drug-likeness (QED) is 0.483. The van der Waals surface area contributed by atoms with E-state index in [1.165, 1.54) is 0 Å². The molecule has 0 amide bonds. The molecule has 0 aliphatic rings. The molecule has 0 aliphatic carbocycles. The first kappa shape index (κ1) is 7.95. The molecule has 0 radical (unpaired) electrons. The fraction of sp³-hybridized carbons (Fsp3) is 0.222. The number of pyridine rings is 1. The van der Waals surface area contributed by atoms with Gasteiger partial charge >= 0.3 is 0 Å². The van der Waals surface area contributed by atoms with Crippen LogP contribution in [0.25, 0.3) is 0 Å². The summed E-state index contributed by atoms with van der Waals surface area (Å²) >= 11 is 0. The maximum atomic E-state index is 5.22. The molecule has 11 heavy (non-hydrogen) atoms. The van der Waals surface area contributed by atoms with Gasteiger partial charge in [0.25, 0.3) is 0 Å². The van der Waals surface area contributed by atoms with E-state index in [4.69, 9.17) is 4.74 Å².